The van der Waals surface area contributed by atoms with Crippen molar-refractivity contribution in [3.8, 4) is 0 Å². The summed E-state index contributed by atoms with van der Waals surface area (Å²) in [5, 5.41) is 7.08. The molecule has 0 aliphatic carbocycles. The first kappa shape index (κ1) is 21.8. The molecule has 0 bridgehead atoms. The Hall–Kier alpha value is -4.00. The summed E-state index contributed by atoms with van der Waals surface area (Å²) in [6.45, 7) is 2.36. The van der Waals surface area contributed by atoms with Gasteiger partial charge in [-0.1, -0.05) is 48.5 Å². The van der Waals surface area contributed by atoms with Crippen LogP contribution in [0.5, 0.6) is 0 Å². The molecule has 174 valence electrons. The highest BCUT2D eigenvalue weighted by Gasteiger charge is 2.27. The van der Waals surface area contributed by atoms with Crippen LogP contribution in [0.4, 0.5) is 4.79 Å². The molecule has 0 spiro atoms. The van der Waals surface area contributed by atoms with E-state index in [2.05, 4.69) is 33.4 Å². The van der Waals surface area contributed by atoms with Gasteiger partial charge in [0.2, 0.25) is 5.91 Å². The maximum Gasteiger partial charge on any atom is 0.317 e. The zero-order valence-electron chi connectivity index (χ0n) is 19.0. The van der Waals surface area contributed by atoms with Crippen molar-refractivity contribution in [2.45, 2.75) is 32.5 Å². The number of urea groups is 1. The molecule has 1 aliphatic heterocycles. The molecular formula is C27H28N4O3. The van der Waals surface area contributed by atoms with E-state index in [4.69, 9.17) is 4.42 Å². The summed E-state index contributed by atoms with van der Waals surface area (Å²) in [5.41, 5.74) is 4.48. The van der Waals surface area contributed by atoms with Crippen molar-refractivity contribution in [1.29, 1.82) is 0 Å². The van der Waals surface area contributed by atoms with E-state index in [-0.39, 0.29) is 18.5 Å². The minimum atomic E-state index is -0.0685. The van der Waals surface area contributed by atoms with Gasteiger partial charge in [-0.25, -0.2) is 4.79 Å². The Labute approximate surface area is 198 Å². The third-order valence-electron chi connectivity index (χ3n) is 6.32. The van der Waals surface area contributed by atoms with E-state index < -0.39 is 0 Å². The maximum atomic E-state index is 12.9. The van der Waals surface area contributed by atoms with Crippen LogP contribution in [0.3, 0.4) is 0 Å². The number of amides is 3. The molecular weight excluding hydrogens is 428 g/mol. The van der Waals surface area contributed by atoms with Crippen LogP contribution < -0.4 is 10.6 Å². The fourth-order valence-corrected chi connectivity index (χ4v) is 4.62. The minimum absolute atomic E-state index is 0.0467. The van der Waals surface area contributed by atoms with Gasteiger partial charge in [-0.15, -0.1) is 0 Å². The molecule has 0 radical (unpaired) electrons. The predicted octanol–water partition coefficient (Wildman–Crippen LogP) is 3.86. The normalized spacial score (nSPS) is 13.0. The second-order valence-corrected chi connectivity index (χ2v) is 8.52. The van der Waals surface area contributed by atoms with Gasteiger partial charge in [-0.05, 0) is 30.2 Å². The molecule has 7 heteroatoms. The molecule has 7 nitrogen and oxygen atoms in total. The summed E-state index contributed by atoms with van der Waals surface area (Å²) >= 11 is 0. The SMILES string of the molecule is O=C(Cn1c2c(c3ccccc31)CN(C(=O)NCCc1ccccc1)CC2)NCc1ccco1. The monoisotopic (exact) mass is 456 g/mol. The molecule has 1 aliphatic rings. The number of fused-ring (bicyclic) bond motifs is 3. The number of benzene rings is 2. The third-order valence-corrected chi connectivity index (χ3v) is 6.32. The van der Waals surface area contributed by atoms with Crippen molar-refractivity contribution < 1.29 is 14.0 Å². The van der Waals surface area contributed by atoms with Gasteiger partial charge in [0.25, 0.3) is 0 Å². The van der Waals surface area contributed by atoms with Crippen LogP contribution in [0.2, 0.25) is 0 Å². The number of nitrogens with zero attached hydrogens (tertiary/aromatic N) is 2. The summed E-state index contributed by atoms with van der Waals surface area (Å²) in [6, 6.07) is 21.8. The van der Waals surface area contributed by atoms with Crippen molar-refractivity contribution in [1.82, 2.24) is 20.1 Å². The highest BCUT2D eigenvalue weighted by atomic mass is 16.3. The molecule has 4 aromatic rings. The third kappa shape index (κ3) is 4.69. The molecule has 2 N–H and O–H groups in total. The van der Waals surface area contributed by atoms with Crippen LogP contribution in [-0.2, 0) is 37.3 Å². The van der Waals surface area contributed by atoms with E-state index in [1.54, 1.807) is 12.3 Å². The Morgan fingerprint density at radius 1 is 0.941 bits per heavy atom. The molecule has 2 aromatic heterocycles. The Kier molecular flexibility index (Phi) is 6.33. The van der Waals surface area contributed by atoms with E-state index in [1.165, 1.54) is 5.56 Å². The fourth-order valence-electron chi connectivity index (χ4n) is 4.62. The molecule has 0 atom stereocenters. The summed E-state index contributed by atoms with van der Waals surface area (Å²) in [7, 11) is 0. The number of hydrogen-bond acceptors (Lipinski definition) is 3. The van der Waals surface area contributed by atoms with Gasteiger partial charge in [-0.3, -0.25) is 4.79 Å². The number of para-hydroxylation sites is 1. The highest BCUT2D eigenvalue weighted by molar-refractivity contribution is 5.88. The first-order chi connectivity index (χ1) is 16.7. The number of hydrogen-bond donors (Lipinski definition) is 2. The average Bonchev–Trinajstić information content (AvgIpc) is 3.50. The van der Waals surface area contributed by atoms with E-state index in [0.29, 0.717) is 32.6 Å². The number of carbonyl (C=O) groups excluding carboxylic acids is 2. The minimum Gasteiger partial charge on any atom is -0.467 e. The fraction of sp³-hybridized carbons (Fsp3) is 0.259. The van der Waals surface area contributed by atoms with E-state index in [9.17, 15) is 9.59 Å². The Morgan fingerprint density at radius 2 is 1.76 bits per heavy atom. The number of carbonyl (C=O) groups is 2. The Morgan fingerprint density at radius 3 is 2.59 bits per heavy atom. The molecule has 0 fully saturated rings. The topological polar surface area (TPSA) is 79.5 Å². The smallest absolute Gasteiger partial charge is 0.317 e. The Balaban J connectivity index is 1.27. The largest absolute Gasteiger partial charge is 0.467 e. The van der Waals surface area contributed by atoms with Crippen molar-refractivity contribution in [2.24, 2.45) is 0 Å². The van der Waals surface area contributed by atoms with E-state index in [0.717, 1.165) is 34.3 Å². The van der Waals surface area contributed by atoms with E-state index in [1.807, 2.05) is 47.4 Å². The van der Waals surface area contributed by atoms with Crippen LogP contribution >= 0.6 is 0 Å². The number of nitrogens with one attached hydrogen (secondary N) is 2. The molecule has 3 amide bonds. The quantitative estimate of drug-likeness (QED) is 0.443. The first-order valence-electron chi connectivity index (χ1n) is 11.6. The summed E-state index contributed by atoms with van der Waals surface area (Å²) in [5.74, 6) is 0.655. The second-order valence-electron chi connectivity index (χ2n) is 8.52. The van der Waals surface area contributed by atoms with Crippen LogP contribution in [0, 0.1) is 0 Å². The standard InChI is InChI=1S/C27H28N4O3/c32-26(29-17-21-9-6-16-34-21)19-31-24-11-5-4-10-22(24)23-18-30(15-13-25(23)31)27(33)28-14-12-20-7-2-1-3-8-20/h1-11,16H,12-15,17-19H2,(H,28,33)(H,29,32). The van der Waals surface area contributed by atoms with E-state index >= 15 is 0 Å². The van der Waals surface area contributed by atoms with Gasteiger partial charge in [0.15, 0.2) is 0 Å². The van der Waals surface area contributed by atoms with Crippen molar-refractivity contribution in [3.05, 3.63) is 95.6 Å². The maximum absolute atomic E-state index is 12.9. The molecule has 0 unspecified atom stereocenters. The average molecular weight is 457 g/mol. The van der Waals surface area contributed by atoms with Crippen molar-refractivity contribution >= 4 is 22.8 Å². The zero-order chi connectivity index (χ0) is 23.3. The Bertz CT molecular complexity index is 1280. The highest BCUT2D eigenvalue weighted by Crippen LogP contribution is 2.31. The second kappa shape index (κ2) is 9.87. The lowest BCUT2D eigenvalue weighted by molar-refractivity contribution is -0.121. The molecule has 0 saturated carbocycles. The van der Waals surface area contributed by atoms with Crippen molar-refractivity contribution in [2.75, 3.05) is 13.1 Å². The van der Waals surface area contributed by atoms with Gasteiger partial charge >= 0.3 is 6.03 Å². The van der Waals surface area contributed by atoms with Gasteiger partial charge in [0, 0.05) is 48.2 Å². The lowest BCUT2D eigenvalue weighted by atomic mass is 10.0. The molecule has 2 aromatic carbocycles. The van der Waals surface area contributed by atoms with Gasteiger partial charge in [0.1, 0.15) is 12.3 Å². The number of aromatic nitrogens is 1. The lowest BCUT2D eigenvalue weighted by Gasteiger charge is -2.28. The summed E-state index contributed by atoms with van der Waals surface area (Å²) < 4.78 is 7.39. The molecule has 3 heterocycles. The molecule has 34 heavy (non-hydrogen) atoms. The summed E-state index contributed by atoms with van der Waals surface area (Å²) in [6.07, 6.45) is 3.11. The first-order valence-corrected chi connectivity index (χ1v) is 11.6. The number of rotatable bonds is 7. The number of furan rings is 1. The zero-order valence-corrected chi connectivity index (χ0v) is 19.0. The van der Waals surface area contributed by atoms with Gasteiger partial charge in [0.05, 0.1) is 12.8 Å². The molecule has 0 saturated heterocycles. The lowest BCUT2D eigenvalue weighted by Crippen LogP contribution is -2.43. The molecule has 5 rings (SSSR count). The van der Waals surface area contributed by atoms with Crippen molar-refractivity contribution in [3.63, 3.8) is 0 Å². The summed E-state index contributed by atoms with van der Waals surface area (Å²) in [4.78, 5) is 27.4. The van der Waals surface area contributed by atoms with Crippen LogP contribution in [-0.4, -0.2) is 34.5 Å². The van der Waals surface area contributed by atoms with Crippen LogP contribution in [0.25, 0.3) is 10.9 Å². The van der Waals surface area contributed by atoms with Gasteiger partial charge in [-0.2, -0.15) is 0 Å². The predicted molar refractivity (Wildman–Crippen MR) is 130 cm³/mol. The van der Waals surface area contributed by atoms with Crippen LogP contribution in [0.15, 0.2) is 77.4 Å². The van der Waals surface area contributed by atoms with Crippen LogP contribution in [0.1, 0.15) is 22.6 Å². The van der Waals surface area contributed by atoms with Gasteiger partial charge < -0.3 is 24.5 Å².